The van der Waals surface area contributed by atoms with Gasteiger partial charge in [0, 0.05) is 27.9 Å². The first-order valence-electron chi connectivity index (χ1n) is 6.42. The standard InChI is InChI=1S/C16H11Br2F2NO2/c1-2-16(19,20)13-7-15(21-9-12(13)14(22)8-17)23-11-5-3-10(18)4-6-11/h2-7,9H,1,8H2. The highest BCUT2D eigenvalue weighted by atomic mass is 79.9. The summed E-state index contributed by atoms with van der Waals surface area (Å²) < 4.78 is 34.4. The Labute approximate surface area is 148 Å². The van der Waals surface area contributed by atoms with Gasteiger partial charge in [-0.1, -0.05) is 38.4 Å². The minimum Gasteiger partial charge on any atom is -0.439 e. The minimum absolute atomic E-state index is 0.0324. The minimum atomic E-state index is -3.37. The maximum Gasteiger partial charge on any atom is 0.292 e. The molecule has 0 saturated carbocycles. The van der Waals surface area contributed by atoms with Gasteiger partial charge in [-0.2, -0.15) is 8.78 Å². The Bertz CT molecular complexity index is 733. The van der Waals surface area contributed by atoms with Crippen LogP contribution < -0.4 is 4.74 Å². The number of alkyl halides is 3. The predicted octanol–water partition coefficient (Wildman–Crippen LogP) is 5.49. The van der Waals surface area contributed by atoms with Crippen LogP contribution in [0.15, 0.2) is 53.7 Å². The highest BCUT2D eigenvalue weighted by molar-refractivity contribution is 9.10. The van der Waals surface area contributed by atoms with Crippen molar-refractivity contribution in [1.82, 2.24) is 4.98 Å². The van der Waals surface area contributed by atoms with E-state index in [4.69, 9.17) is 4.74 Å². The van der Waals surface area contributed by atoms with Gasteiger partial charge in [0.25, 0.3) is 5.92 Å². The SMILES string of the molecule is C=CC(F)(F)c1cc(Oc2ccc(Br)cc2)ncc1C(=O)CBr. The van der Waals surface area contributed by atoms with Crippen molar-refractivity contribution in [3.63, 3.8) is 0 Å². The van der Waals surface area contributed by atoms with Gasteiger partial charge in [0.05, 0.1) is 5.33 Å². The lowest BCUT2D eigenvalue weighted by Crippen LogP contribution is -2.16. The second-order valence-electron chi connectivity index (χ2n) is 4.51. The van der Waals surface area contributed by atoms with E-state index in [0.717, 1.165) is 16.7 Å². The first-order valence-corrected chi connectivity index (χ1v) is 8.33. The summed E-state index contributed by atoms with van der Waals surface area (Å²) in [6.07, 6.45) is 1.57. The van der Waals surface area contributed by atoms with Crippen molar-refractivity contribution >= 4 is 37.6 Å². The van der Waals surface area contributed by atoms with Gasteiger partial charge >= 0.3 is 0 Å². The van der Waals surface area contributed by atoms with Crippen LogP contribution >= 0.6 is 31.9 Å². The molecular weight excluding hydrogens is 436 g/mol. The van der Waals surface area contributed by atoms with Crippen molar-refractivity contribution in [2.75, 3.05) is 5.33 Å². The molecule has 0 atom stereocenters. The molecule has 0 saturated heterocycles. The van der Waals surface area contributed by atoms with E-state index in [1.807, 2.05) is 0 Å². The molecule has 0 aliphatic carbocycles. The molecule has 1 aromatic heterocycles. The van der Waals surface area contributed by atoms with Crippen molar-refractivity contribution in [2.24, 2.45) is 0 Å². The van der Waals surface area contributed by atoms with E-state index < -0.39 is 17.3 Å². The number of ether oxygens (including phenoxy) is 1. The number of benzene rings is 1. The predicted molar refractivity (Wildman–Crippen MR) is 90.7 cm³/mol. The Morgan fingerprint density at radius 3 is 2.57 bits per heavy atom. The van der Waals surface area contributed by atoms with E-state index in [9.17, 15) is 13.6 Å². The van der Waals surface area contributed by atoms with Gasteiger partial charge in [0.15, 0.2) is 5.78 Å². The molecule has 0 aliphatic rings. The number of allylic oxidation sites excluding steroid dienone is 1. The molecule has 120 valence electrons. The lowest BCUT2D eigenvalue weighted by atomic mass is 10.0. The molecule has 0 radical (unpaired) electrons. The smallest absolute Gasteiger partial charge is 0.292 e. The first-order chi connectivity index (χ1) is 10.9. The van der Waals surface area contributed by atoms with Crippen LogP contribution in [0.5, 0.6) is 11.6 Å². The van der Waals surface area contributed by atoms with Gasteiger partial charge in [-0.05, 0) is 30.3 Å². The van der Waals surface area contributed by atoms with E-state index in [0.29, 0.717) is 11.8 Å². The van der Waals surface area contributed by atoms with E-state index in [-0.39, 0.29) is 16.8 Å². The number of aromatic nitrogens is 1. The maximum atomic E-state index is 14.0. The molecule has 2 rings (SSSR count). The van der Waals surface area contributed by atoms with Crippen LogP contribution in [0, 0.1) is 0 Å². The lowest BCUT2D eigenvalue weighted by molar-refractivity contribution is 0.0506. The number of carbonyl (C=O) groups excluding carboxylic acids is 1. The topological polar surface area (TPSA) is 39.2 Å². The Kier molecular flexibility index (Phi) is 5.64. The van der Waals surface area contributed by atoms with Crippen LogP contribution in [-0.2, 0) is 5.92 Å². The van der Waals surface area contributed by atoms with Crippen molar-refractivity contribution in [3.05, 3.63) is 64.8 Å². The highest BCUT2D eigenvalue weighted by Gasteiger charge is 2.33. The molecule has 3 nitrogen and oxygen atoms in total. The number of halogens is 4. The number of rotatable bonds is 6. The fourth-order valence-corrected chi connectivity index (χ4v) is 2.36. The molecule has 0 spiro atoms. The Morgan fingerprint density at radius 1 is 1.35 bits per heavy atom. The molecule has 0 bridgehead atoms. The van der Waals surface area contributed by atoms with E-state index in [1.165, 1.54) is 0 Å². The summed E-state index contributed by atoms with van der Waals surface area (Å²) in [5, 5.41) is -0.0815. The monoisotopic (exact) mass is 445 g/mol. The third-order valence-corrected chi connectivity index (χ3v) is 3.99. The number of carbonyl (C=O) groups is 1. The van der Waals surface area contributed by atoms with Gasteiger partial charge in [-0.25, -0.2) is 4.98 Å². The number of Topliss-reactive ketones (excluding diaryl/α,β-unsaturated/α-hetero) is 1. The molecular formula is C16H11Br2F2NO2. The highest BCUT2D eigenvalue weighted by Crippen LogP contribution is 2.34. The average Bonchev–Trinajstić information content (AvgIpc) is 2.56. The second-order valence-corrected chi connectivity index (χ2v) is 5.98. The molecule has 7 heteroatoms. The summed E-state index contributed by atoms with van der Waals surface area (Å²) in [5.41, 5.74) is -0.658. The molecule has 1 aromatic carbocycles. The van der Waals surface area contributed by atoms with Crippen molar-refractivity contribution in [1.29, 1.82) is 0 Å². The van der Waals surface area contributed by atoms with E-state index in [2.05, 4.69) is 43.4 Å². The molecule has 1 heterocycles. The Hall–Kier alpha value is -1.60. The van der Waals surface area contributed by atoms with Crippen molar-refractivity contribution in [2.45, 2.75) is 5.92 Å². The van der Waals surface area contributed by atoms with Crippen LogP contribution in [0.1, 0.15) is 15.9 Å². The number of ketones is 1. The van der Waals surface area contributed by atoms with Gasteiger partial charge in [-0.3, -0.25) is 4.79 Å². The summed E-state index contributed by atoms with van der Waals surface area (Å²) in [4.78, 5) is 15.7. The number of pyridine rings is 1. The van der Waals surface area contributed by atoms with Gasteiger partial charge in [-0.15, -0.1) is 0 Å². The van der Waals surface area contributed by atoms with Crippen molar-refractivity contribution in [3.8, 4) is 11.6 Å². The fraction of sp³-hybridized carbons (Fsp3) is 0.125. The summed E-state index contributed by atoms with van der Waals surface area (Å²) >= 11 is 6.26. The zero-order valence-corrected chi connectivity index (χ0v) is 14.9. The Balaban J connectivity index is 2.43. The lowest BCUT2D eigenvalue weighted by Gasteiger charge is -2.16. The zero-order chi connectivity index (χ0) is 17.0. The molecule has 0 N–H and O–H groups in total. The molecule has 2 aromatic rings. The number of hydrogen-bond donors (Lipinski definition) is 0. The maximum absolute atomic E-state index is 14.0. The fourth-order valence-electron chi connectivity index (χ4n) is 1.80. The quantitative estimate of drug-likeness (QED) is 0.334. The number of hydrogen-bond acceptors (Lipinski definition) is 3. The summed E-state index contributed by atoms with van der Waals surface area (Å²) in [6, 6.07) is 7.87. The molecule has 0 fully saturated rings. The van der Waals surface area contributed by atoms with Gasteiger partial charge < -0.3 is 4.74 Å². The van der Waals surface area contributed by atoms with E-state index in [1.54, 1.807) is 24.3 Å². The van der Waals surface area contributed by atoms with Gasteiger partial charge in [0.2, 0.25) is 5.88 Å². The van der Waals surface area contributed by atoms with Crippen molar-refractivity contribution < 1.29 is 18.3 Å². The molecule has 0 unspecified atom stereocenters. The van der Waals surface area contributed by atoms with Gasteiger partial charge in [0.1, 0.15) is 5.75 Å². The van der Waals surface area contributed by atoms with Crippen LogP contribution in [0.3, 0.4) is 0 Å². The summed E-state index contributed by atoms with van der Waals surface area (Å²) in [5.74, 6) is -3.46. The summed E-state index contributed by atoms with van der Waals surface area (Å²) in [6.45, 7) is 3.12. The second kappa shape index (κ2) is 7.31. The zero-order valence-electron chi connectivity index (χ0n) is 11.7. The van der Waals surface area contributed by atoms with Crippen LogP contribution in [0.2, 0.25) is 0 Å². The van der Waals surface area contributed by atoms with Crippen LogP contribution in [0.4, 0.5) is 8.78 Å². The van der Waals surface area contributed by atoms with Crippen LogP contribution in [-0.4, -0.2) is 16.1 Å². The average molecular weight is 447 g/mol. The third kappa shape index (κ3) is 4.23. The molecule has 23 heavy (non-hydrogen) atoms. The Morgan fingerprint density at radius 2 is 2.00 bits per heavy atom. The van der Waals surface area contributed by atoms with E-state index >= 15 is 0 Å². The first kappa shape index (κ1) is 17.7. The molecule has 0 aliphatic heterocycles. The van der Waals surface area contributed by atoms with Crippen LogP contribution in [0.25, 0.3) is 0 Å². The molecule has 0 amide bonds. The third-order valence-electron chi connectivity index (χ3n) is 2.95. The summed E-state index contributed by atoms with van der Waals surface area (Å²) in [7, 11) is 0. The number of nitrogens with zero attached hydrogens (tertiary/aromatic N) is 1. The normalized spacial score (nSPS) is 11.1. The largest absolute Gasteiger partial charge is 0.439 e.